The van der Waals surface area contributed by atoms with E-state index >= 15 is 0 Å². The van der Waals surface area contributed by atoms with Gasteiger partial charge in [0.2, 0.25) is 0 Å². The van der Waals surface area contributed by atoms with Crippen molar-refractivity contribution in [3.8, 4) is 0 Å². The lowest BCUT2D eigenvalue weighted by atomic mass is 9.99. The van der Waals surface area contributed by atoms with Crippen molar-refractivity contribution in [1.82, 2.24) is 4.98 Å². The van der Waals surface area contributed by atoms with Gasteiger partial charge in [0, 0.05) is 22.8 Å². The Kier molecular flexibility index (Phi) is 1.92. The normalized spacial score (nSPS) is 17.9. The summed E-state index contributed by atoms with van der Waals surface area (Å²) in [6.07, 6.45) is 3.64. The average molecular weight is 214 g/mol. The molecule has 58 valence electrons. The fraction of sp³-hybridized carbons (Fsp3) is 0.375. The van der Waals surface area contributed by atoms with E-state index < -0.39 is 0 Å². The number of pyridine rings is 1. The molecular weight excluding hydrogens is 206 g/mol. The maximum atomic E-state index is 5.10. The quantitative estimate of drug-likeness (QED) is 0.712. The molecular formula is C8H8BrNO. The van der Waals surface area contributed by atoms with Gasteiger partial charge in [0.15, 0.2) is 0 Å². The molecule has 0 saturated carbocycles. The number of hydrogen-bond donors (Lipinski definition) is 0. The average Bonchev–Trinajstić information content (AvgIpc) is 1.90. The molecule has 2 rings (SSSR count). The first-order chi connectivity index (χ1) is 5.38. The molecule has 0 spiro atoms. The van der Waals surface area contributed by atoms with E-state index in [9.17, 15) is 0 Å². The summed E-state index contributed by atoms with van der Waals surface area (Å²) < 4.78 is 6.19. The highest BCUT2D eigenvalue weighted by Gasteiger charge is 2.22. The Morgan fingerprint density at radius 1 is 1.55 bits per heavy atom. The third-order valence-electron chi connectivity index (χ3n) is 1.88. The van der Waals surface area contributed by atoms with E-state index in [0.717, 1.165) is 17.7 Å². The van der Waals surface area contributed by atoms with Crippen LogP contribution < -0.4 is 0 Å². The number of ether oxygens (including phenoxy) is 1. The van der Waals surface area contributed by atoms with Gasteiger partial charge in [0.05, 0.1) is 13.2 Å². The van der Waals surface area contributed by atoms with Crippen LogP contribution in [-0.2, 0) is 4.74 Å². The number of rotatable bonds is 1. The van der Waals surface area contributed by atoms with Gasteiger partial charge in [0.25, 0.3) is 0 Å². The van der Waals surface area contributed by atoms with E-state index in [-0.39, 0.29) is 0 Å². The molecule has 0 bridgehead atoms. The summed E-state index contributed by atoms with van der Waals surface area (Å²) >= 11 is 3.45. The van der Waals surface area contributed by atoms with Crippen LogP contribution >= 0.6 is 15.9 Å². The van der Waals surface area contributed by atoms with Gasteiger partial charge in [-0.2, -0.15) is 0 Å². The largest absolute Gasteiger partial charge is 0.380 e. The molecule has 0 atom stereocenters. The summed E-state index contributed by atoms with van der Waals surface area (Å²) in [5, 5.41) is 0. The molecule has 2 heterocycles. The van der Waals surface area contributed by atoms with Crippen molar-refractivity contribution in [2.45, 2.75) is 5.92 Å². The smallest absolute Gasteiger partial charge is 0.0557 e. The van der Waals surface area contributed by atoms with Crippen molar-refractivity contribution in [3.63, 3.8) is 0 Å². The number of halogens is 1. The zero-order valence-corrected chi connectivity index (χ0v) is 7.54. The number of nitrogens with zero attached hydrogens (tertiary/aromatic N) is 1. The zero-order chi connectivity index (χ0) is 7.68. The Morgan fingerprint density at radius 3 is 2.91 bits per heavy atom. The van der Waals surface area contributed by atoms with Crippen molar-refractivity contribution in [2.24, 2.45) is 0 Å². The summed E-state index contributed by atoms with van der Waals surface area (Å²) in [7, 11) is 0. The fourth-order valence-corrected chi connectivity index (χ4v) is 1.71. The summed E-state index contributed by atoms with van der Waals surface area (Å²) in [5.41, 5.74) is 1.31. The number of hydrogen-bond acceptors (Lipinski definition) is 2. The van der Waals surface area contributed by atoms with Crippen LogP contribution in [0, 0.1) is 0 Å². The van der Waals surface area contributed by atoms with Crippen molar-refractivity contribution in [2.75, 3.05) is 13.2 Å². The van der Waals surface area contributed by atoms with Gasteiger partial charge in [-0.1, -0.05) is 0 Å². The molecule has 0 N–H and O–H groups in total. The van der Waals surface area contributed by atoms with Gasteiger partial charge in [-0.3, -0.25) is 4.98 Å². The molecule has 0 unspecified atom stereocenters. The minimum atomic E-state index is 0.576. The lowest BCUT2D eigenvalue weighted by Gasteiger charge is -2.26. The first-order valence-electron chi connectivity index (χ1n) is 3.55. The third kappa shape index (κ3) is 1.30. The minimum absolute atomic E-state index is 0.576. The van der Waals surface area contributed by atoms with E-state index in [1.54, 1.807) is 0 Å². The van der Waals surface area contributed by atoms with E-state index in [4.69, 9.17) is 4.74 Å². The van der Waals surface area contributed by atoms with Crippen LogP contribution in [0.3, 0.4) is 0 Å². The first kappa shape index (κ1) is 7.25. The van der Waals surface area contributed by atoms with Crippen LogP contribution in [0.25, 0.3) is 0 Å². The SMILES string of the molecule is Brc1cnccc1C1COC1. The molecule has 2 nitrogen and oxygen atoms in total. The molecule has 1 saturated heterocycles. The summed E-state index contributed by atoms with van der Waals surface area (Å²) in [6.45, 7) is 1.70. The summed E-state index contributed by atoms with van der Waals surface area (Å²) in [6, 6.07) is 2.04. The van der Waals surface area contributed by atoms with E-state index in [1.807, 2.05) is 18.5 Å². The van der Waals surface area contributed by atoms with Crippen molar-refractivity contribution in [1.29, 1.82) is 0 Å². The van der Waals surface area contributed by atoms with Gasteiger partial charge >= 0.3 is 0 Å². The van der Waals surface area contributed by atoms with Gasteiger partial charge in [-0.25, -0.2) is 0 Å². The summed E-state index contributed by atoms with van der Waals surface area (Å²) in [4.78, 5) is 4.00. The second-order valence-electron chi connectivity index (χ2n) is 2.63. The molecule has 3 heteroatoms. The molecule has 0 amide bonds. The van der Waals surface area contributed by atoms with Crippen molar-refractivity contribution < 1.29 is 4.74 Å². The van der Waals surface area contributed by atoms with E-state index in [2.05, 4.69) is 20.9 Å². The molecule has 0 radical (unpaired) electrons. The number of aromatic nitrogens is 1. The monoisotopic (exact) mass is 213 g/mol. The highest BCUT2D eigenvalue weighted by molar-refractivity contribution is 9.10. The highest BCUT2D eigenvalue weighted by Crippen LogP contribution is 2.29. The highest BCUT2D eigenvalue weighted by atomic mass is 79.9. The Morgan fingerprint density at radius 2 is 2.36 bits per heavy atom. The standard InChI is InChI=1S/C8H8BrNO/c9-8-3-10-2-1-7(8)6-4-11-5-6/h1-3,6H,4-5H2. The van der Waals surface area contributed by atoms with E-state index in [1.165, 1.54) is 5.56 Å². The summed E-state index contributed by atoms with van der Waals surface area (Å²) in [5.74, 6) is 0.576. The molecule has 1 aromatic rings. The zero-order valence-electron chi connectivity index (χ0n) is 5.96. The van der Waals surface area contributed by atoms with Gasteiger partial charge < -0.3 is 4.74 Å². The maximum absolute atomic E-state index is 5.10. The molecule has 0 aliphatic carbocycles. The fourth-order valence-electron chi connectivity index (χ4n) is 1.13. The topological polar surface area (TPSA) is 22.1 Å². The molecule has 1 fully saturated rings. The molecule has 11 heavy (non-hydrogen) atoms. The van der Waals surface area contributed by atoms with Crippen LogP contribution in [0.5, 0.6) is 0 Å². The lowest BCUT2D eigenvalue weighted by molar-refractivity contribution is 0.00811. The lowest BCUT2D eigenvalue weighted by Crippen LogP contribution is -2.25. The van der Waals surface area contributed by atoms with Crippen LogP contribution in [0.4, 0.5) is 0 Å². The molecule has 1 aliphatic heterocycles. The maximum Gasteiger partial charge on any atom is 0.0557 e. The van der Waals surface area contributed by atoms with Crippen LogP contribution in [0.1, 0.15) is 11.5 Å². The molecule has 0 aromatic carbocycles. The van der Waals surface area contributed by atoms with Gasteiger partial charge in [-0.05, 0) is 27.6 Å². The third-order valence-corrected chi connectivity index (χ3v) is 2.54. The van der Waals surface area contributed by atoms with Crippen LogP contribution in [0.15, 0.2) is 22.9 Å². The predicted molar refractivity (Wildman–Crippen MR) is 45.5 cm³/mol. The predicted octanol–water partition coefficient (Wildman–Crippen LogP) is 1.96. The van der Waals surface area contributed by atoms with Crippen molar-refractivity contribution in [3.05, 3.63) is 28.5 Å². The van der Waals surface area contributed by atoms with Crippen LogP contribution in [0.2, 0.25) is 0 Å². The Balaban J connectivity index is 2.28. The Bertz CT molecular complexity index is 260. The van der Waals surface area contributed by atoms with Crippen molar-refractivity contribution >= 4 is 15.9 Å². The van der Waals surface area contributed by atoms with Crippen LogP contribution in [-0.4, -0.2) is 18.2 Å². The minimum Gasteiger partial charge on any atom is -0.380 e. The Hall–Kier alpha value is -0.410. The molecule has 1 aliphatic rings. The second kappa shape index (κ2) is 2.91. The van der Waals surface area contributed by atoms with Gasteiger partial charge in [0.1, 0.15) is 0 Å². The van der Waals surface area contributed by atoms with Gasteiger partial charge in [-0.15, -0.1) is 0 Å². The Labute approximate surface area is 73.7 Å². The first-order valence-corrected chi connectivity index (χ1v) is 4.34. The second-order valence-corrected chi connectivity index (χ2v) is 3.49. The van der Waals surface area contributed by atoms with E-state index in [0.29, 0.717) is 5.92 Å². The molecule has 1 aromatic heterocycles.